The van der Waals surface area contributed by atoms with E-state index < -0.39 is 0 Å². The second-order valence-electron chi connectivity index (χ2n) is 3.89. The summed E-state index contributed by atoms with van der Waals surface area (Å²) in [6, 6.07) is 7.35. The van der Waals surface area contributed by atoms with Crippen LogP contribution in [0.3, 0.4) is 0 Å². The Morgan fingerprint density at radius 1 is 1.29 bits per heavy atom. The van der Waals surface area contributed by atoms with E-state index in [1.54, 1.807) is 0 Å². The van der Waals surface area contributed by atoms with Gasteiger partial charge in [-0.3, -0.25) is 9.59 Å². The summed E-state index contributed by atoms with van der Waals surface area (Å²) >= 11 is 0. The number of benzene rings is 1. The molecule has 1 N–H and O–H groups in total. The Bertz CT molecular complexity index is 474. The van der Waals surface area contributed by atoms with Gasteiger partial charge < -0.3 is 10.1 Å². The fourth-order valence-corrected chi connectivity index (χ4v) is 1.63. The van der Waals surface area contributed by atoms with Crippen LogP contribution in [0.25, 0.3) is 6.08 Å². The van der Waals surface area contributed by atoms with Crippen LogP contribution in [-0.4, -0.2) is 11.9 Å². The van der Waals surface area contributed by atoms with Crippen LogP contribution in [0.2, 0.25) is 0 Å². The minimum absolute atomic E-state index is 0.0965. The van der Waals surface area contributed by atoms with Crippen LogP contribution in [0.1, 0.15) is 25.3 Å². The summed E-state index contributed by atoms with van der Waals surface area (Å²) in [5.41, 5.74) is 1.70. The van der Waals surface area contributed by atoms with Crippen LogP contribution < -0.4 is 5.32 Å². The lowest BCUT2D eigenvalue weighted by Crippen LogP contribution is -2.05. The summed E-state index contributed by atoms with van der Waals surface area (Å²) in [7, 11) is 0. The van der Waals surface area contributed by atoms with Crippen molar-refractivity contribution in [1.82, 2.24) is 0 Å². The molecular formula is C13H13NO3. The number of rotatable bonds is 2. The fourth-order valence-electron chi connectivity index (χ4n) is 1.63. The van der Waals surface area contributed by atoms with Crippen LogP contribution in [-0.2, 0) is 14.3 Å². The molecule has 1 fully saturated rings. The molecule has 88 valence electrons. The largest absolute Gasteiger partial charge is 0.431 e. The Labute approximate surface area is 99.3 Å². The predicted octanol–water partition coefficient (Wildman–Crippen LogP) is 2.32. The molecule has 0 unspecified atom stereocenters. The average Bonchev–Trinajstić information content (AvgIpc) is 2.66. The van der Waals surface area contributed by atoms with E-state index in [1.807, 2.05) is 30.3 Å². The van der Waals surface area contributed by atoms with Crippen LogP contribution in [0, 0.1) is 0 Å². The molecule has 17 heavy (non-hydrogen) atoms. The Balaban J connectivity index is 2.08. The van der Waals surface area contributed by atoms with E-state index in [1.165, 1.54) is 6.92 Å². The van der Waals surface area contributed by atoms with Crippen molar-refractivity contribution in [3.8, 4) is 0 Å². The third-order valence-corrected chi connectivity index (χ3v) is 2.38. The molecule has 0 saturated carbocycles. The summed E-state index contributed by atoms with van der Waals surface area (Å²) < 4.78 is 5.01. The highest BCUT2D eigenvalue weighted by Gasteiger charge is 2.16. The fraction of sp³-hybridized carbons (Fsp3) is 0.231. The number of cyclic esters (lactones) is 1. The Morgan fingerprint density at radius 3 is 2.53 bits per heavy atom. The number of hydrogen-bond donors (Lipinski definition) is 1. The molecule has 0 radical (unpaired) electrons. The first-order chi connectivity index (χ1) is 8.13. The molecule has 1 aliphatic rings. The number of amides is 1. The number of allylic oxidation sites excluding steroid dienone is 1. The zero-order valence-electron chi connectivity index (χ0n) is 9.53. The van der Waals surface area contributed by atoms with Gasteiger partial charge in [-0.2, -0.15) is 0 Å². The first kappa shape index (κ1) is 11.4. The summed E-state index contributed by atoms with van der Waals surface area (Å²) in [4.78, 5) is 21.7. The van der Waals surface area contributed by atoms with Crippen molar-refractivity contribution in [3.05, 3.63) is 35.6 Å². The van der Waals surface area contributed by atoms with Gasteiger partial charge in [0.05, 0.1) is 6.42 Å². The summed E-state index contributed by atoms with van der Waals surface area (Å²) in [6.45, 7) is 1.47. The van der Waals surface area contributed by atoms with Gasteiger partial charge in [0.2, 0.25) is 5.91 Å². The topological polar surface area (TPSA) is 55.4 Å². The van der Waals surface area contributed by atoms with Crippen molar-refractivity contribution in [3.63, 3.8) is 0 Å². The summed E-state index contributed by atoms with van der Waals surface area (Å²) in [5, 5.41) is 2.69. The van der Waals surface area contributed by atoms with Gasteiger partial charge in [0.25, 0.3) is 0 Å². The SMILES string of the molecule is CC(=O)Nc1ccc(/C=C2\CCC(=O)O2)cc1. The molecule has 0 bridgehead atoms. The molecule has 1 saturated heterocycles. The zero-order chi connectivity index (χ0) is 12.3. The third kappa shape index (κ3) is 3.17. The quantitative estimate of drug-likeness (QED) is 0.795. The second-order valence-corrected chi connectivity index (χ2v) is 3.89. The van der Waals surface area contributed by atoms with Crippen LogP contribution in [0.15, 0.2) is 30.0 Å². The van der Waals surface area contributed by atoms with E-state index in [2.05, 4.69) is 5.32 Å². The lowest BCUT2D eigenvalue weighted by atomic mass is 10.1. The van der Waals surface area contributed by atoms with Crippen LogP contribution >= 0.6 is 0 Å². The van der Waals surface area contributed by atoms with E-state index in [-0.39, 0.29) is 11.9 Å². The Morgan fingerprint density at radius 2 is 2.00 bits per heavy atom. The first-order valence-corrected chi connectivity index (χ1v) is 5.42. The number of carbonyl (C=O) groups is 2. The minimum Gasteiger partial charge on any atom is -0.431 e. The molecule has 0 atom stereocenters. The predicted molar refractivity (Wildman–Crippen MR) is 64.0 cm³/mol. The Hall–Kier alpha value is -2.10. The molecule has 1 aliphatic heterocycles. The minimum atomic E-state index is -0.175. The van der Waals surface area contributed by atoms with E-state index >= 15 is 0 Å². The van der Waals surface area contributed by atoms with Crippen molar-refractivity contribution < 1.29 is 14.3 Å². The first-order valence-electron chi connectivity index (χ1n) is 5.42. The molecule has 1 aromatic rings. The number of anilines is 1. The van der Waals surface area contributed by atoms with Gasteiger partial charge in [0.1, 0.15) is 5.76 Å². The smallest absolute Gasteiger partial charge is 0.311 e. The highest BCUT2D eigenvalue weighted by Crippen LogP contribution is 2.21. The van der Waals surface area contributed by atoms with Gasteiger partial charge in [-0.25, -0.2) is 0 Å². The molecule has 1 heterocycles. The van der Waals surface area contributed by atoms with Crippen molar-refractivity contribution >= 4 is 23.6 Å². The lowest BCUT2D eigenvalue weighted by Gasteiger charge is -2.02. The van der Waals surface area contributed by atoms with Crippen molar-refractivity contribution in [2.75, 3.05) is 5.32 Å². The van der Waals surface area contributed by atoms with Crippen molar-refractivity contribution in [2.24, 2.45) is 0 Å². The Kier molecular flexibility index (Phi) is 3.23. The molecule has 0 aromatic heterocycles. The summed E-state index contributed by atoms with van der Waals surface area (Å²) in [6.07, 6.45) is 2.95. The normalized spacial score (nSPS) is 17.0. The third-order valence-electron chi connectivity index (χ3n) is 2.38. The van der Waals surface area contributed by atoms with Crippen molar-refractivity contribution in [1.29, 1.82) is 0 Å². The maximum atomic E-state index is 10.9. The highest BCUT2D eigenvalue weighted by atomic mass is 16.5. The number of esters is 1. The van der Waals surface area contributed by atoms with Gasteiger partial charge in [-0.1, -0.05) is 12.1 Å². The van der Waals surface area contributed by atoms with E-state index in [9.17, 15) is 9.59 Å². The average molecular weight is 231 g/mol. The van der Waals surface area contributed by atoms with Gasteiger partial charge in [-0.05, 0) is 23.8 Å². The van der Waals surface area contributed by atoms with E-state index in [0.29, 0.717) is 18.6 Å². The molecule has 1 aromatic carbocycles. The second kappa shape index (κ2) is 4.82. The van der Waals surface area contributed by atoms with Crippen LogP contribution in [0.5, 0.6) is 0 Å². The zero-order valence-corrected chi connectivity index (χ0v) is 9.53. The molecular weight excluding hydrogens is 218 g/mol. The molecule has 4 heteroatoms. The number of hydrogen-bond acceptors (Lipinski definition) is 3. The number of carbonyl (C=O) groups excluding carboxylic acids is 2. The van der Waals surface area contributed by atoms with Crippen LogP contribution in [0.4, 0.5) is 5.69 Å². The molecule has 2 rings (SSSR count). The standard InChI is InChI=1S/C13H13NO3/c1-9(15)14-11-4-2-10(3-5-11)8-12-6-7-13(16)17-12/h2-5,8H,6-7H2,1H3,(H,14,15)/b12-8+. The van der Waals surface area contributed by atoms with Gasteiger partial charge in [0.15, 0.2) is 0 Å². The van der Waals surface area contributed by atoms with Crippen molar-refractivity contribution in [2.45, 2.75) is 19.8 Å². The molecule has 1 amide bonds. The lowest BCUT2D eigenvalue weighted by molar-refractivity contribution is -0.135. The van der Waals surface area contributed by atoms with E-state index in [0.717, 1.165) is 11.3 Å². The molecule has 0 spiro atoms. The summed E-state index contributed by atoms with van der Waals surface area (Å²) in [5.74, 6) is 0.425. The number of nitrogens with one attached hydrogen (secondary N) is 1. The number of ether oxygens (including phenoxy) is 1. The van der Waals surface area contributed by atoms with E-state index in [4.69, 9.17) is 4.74 Å². The maximum absolute atomic E-state index is 10.9. The monoisotopic (exact) mass is 231 g/mol. The van der Waals surface area contributed by atoms with Gasteiger partial charge in [0, 0.05) is 19.0 Å². The molecule has 4 nitrogen and oxygen atoms in total. The highest BCUT2D eigenvalue weighted by molar-refractivity contribution is 5.88. The van der Waals surface area contributed by atoms with Gasteiger partial charge in [-0.15, -0.1) is 0 Å². The molecule has 0 aliphatic carbocycles. The van der Waals surface area contributed by atoms with Gasteiger partial charge >= 0.3 is 5.97 Å². The maximum Gasteiger partial charge on any atom is 0.311 e.